The van der Waals surface area contributed by atoms with Crippen molar-refractivity contribution in [1.82, 2.24) is 10.3 Å². The minimum atomic E-state index is 0.0192. The lowest BCUT2D eigenvalue weighted by Gasteiger charge is -2.05. The lowest BCUT2D eigenvalue weighted by atomic mass is 10.1. The summed E-state index contributed by atoms with van der Waals surface area (Å²) < 4.78 is 0. The minimum absolute atomic E-state index is 0.0192. The highest BCUT2D eigenvalue weighted by molar-refractivity contribution is 5.79. The van der Waals surface area contributed by atoms with Crippen molar-refractivity contribution in [3.63, 3.8) is 0 Å². The number of nitrogens with zero attached hydrogens (tertiary/aromatic N) is 1. The van der Waals surface area contributed by atoms with Gasteiger partial charge < -0.3 is 11.1 Å². The van der Waals surface area contributed by atoms with Crippen molar-refractivity contribution in [3.05, 3.63) is 59.9 Å². The number of hydrogen-bond acceptors (Lipinski definition) is 3. The van der Waals surface area contributed by atoms with Gasteiger partial charge in [-0.3, -0.25) is 9.78 Å². The molecule has 0 spiro atoms. The van der Waals surface area contributed by atoms with Crippen LogP contribution >= 0.6 is 0 Å². The number of amides is 1. The molecule has 1 aliphatic carbocycles. The van der Waals surface area contributed by atoms with Crippen molar-refractivity contribution in [3.8, 4) is 0 Å². The van der Waals surface area contributed by atoms with Crippen molar-refractivity contribution in [2.24, 2.45) is 0 Å². The fraction of sp³-hybridized carbons (Fsp3) is 0.250. The Morgan fingerprint density at radius 1 is 1.25 bits per heavy atom. The molecule has 1 fully saturated rings. The first-order valence-electron chi connectivity index (χ1n) is 6.77. The van der Waals surface area contributed by atoms with Gasteiger partial charge in [0, 0.05) is 17.7 Å². The van der Waals surface area contributed by atoms with Gasteiger partial charge in [0.25, 0.3) is 0 Å². The topological polar surface area (TPSA) is 68.0 Å². The molecule has 0 saturated heterocycles. The van der Waals surface area contributed by atoms with E-state index in [1.54, 1.807) is 18.3 Å². The maximum Gasteiger partial charge on any atom is 0.226 e. The van der Waals surface area contributed by atoms with Crippen molar-refractivity contribution in [1.29, 1.82) is 0 Å². The molecule has 2 unspecified atom stereocenters. The summed E-state index contributed by atoms with van der Waals surface area (Å²) in [7, 11) is 0. The standard InChI is InChI=1S/C16H17N3O/c17-12-6-7-13(18-10-12)8-16(20)19-15-9-14(15)11-4-2-1-3-5-11/h1-7,10,14-15H,8-9,17H2,(H,19,20). The summed E-state index contributed by atoms with van der Waals surface area (Å²) in [6, 6.07) is 14.1. The van der Waals surface area contributed by atoms with Crippen LogP contribution in [0.1, 0.15) is 23.6 Å². The van der Waals surface area contributed by atoms with Gasteiger partial charge in [0.05, 0.1) is 18.3 Å². The first-order valence-corrected chi connectivity index (χ1v) is 6.77. The van der Waals surface area contributed by atoms with Gasteiger partial charge in [-0.15, -0.1) is 0 Å². The predicted molar refractivity (Wildman–Crippen MR) is 78.1 cm³/mol. The number of nitrogen functional groups attached to an aromatic ring is 1. The van der Waals surface area contributed by atoms with Gasteiger partial charge in [-0.25, -0.2) is 0 Å². The Balaban J connectivity index is 1.52. The highest BCUT2D eigenvalue weighted by atomic mass is 16.1. The van der Waals surface area contributed by atoms with E-state index < -0.39 is 0 Å². The molecule has 1 heterocycles. The van der Waals surface area contributed by atoms with E-state index in [1.165, 1.54) is 5.56 Å². The normalized spacial score (nSPS) is 20.4. The second-order valence-corrected chi connectivity index (χ2v) is 5.19. The van der Waals surface area contributed by atoms with Gasteiger partial charge >= 0.3 is 0 Å². The van der Waals surface area contributed by atoms with Crippen LogP contribution in [0.4, 0.5) is 5.69 Å². The molecule has 3 N–H and O–H groups in total. The van der Waals surface area contributed by atoms with Gasteiger partial charge in [-0.2, -0.15) is 0 Å². The monoisotopic (exact) mass is 267 g/mol. The predicted octanol–water partition coefficient (Wildman–Crippen LogP) is 1.88. The summed E-state index contributed by atoms with van der Waals surface area (Å²) in [4.78, 5) is 16.1. The maximum atomic E-state index is 11.9. The van der Waals surface area contributed by atoms with Crippen LogP contribution in [0, 0.1) is 0 Å². The minimum Gasteiger partial charge on any atom is -0.397 e. The number of nitrogens with two attached hydrogens (primary N) is 1. The zero-order chi connectivity index (χ0) is 13.9. The summed E-state index contributed by atoms with van der Waals surface area (Å²) in [5.41, 5.74) is 8.22. The van der Waals surface area contributed by atoms with E-state index >= 15 is 0 Å². The van der Waals surface area contributed by atoms with E-state index in [0.717, 1.165) is 12.1 Å². The number of benzene rings is 1. The number of nitrogens with one attached hydrogen (secondary N) is 1. The fourth-order valence-corrected chi connectivity index (χ4v) is 2.39. The molecule has 4 heteroatoms. The fourth-order valence-electron chi connectivity index (χ4n) is 2.39. The third-order valence-electron chi connectivity index (χ3n) is 3.55. The van der Waals surface area contributed by atoms with Crippen LogP contribution in [-0.4, -0.2) is 16.9 Å². The van der Waals surface area contributed by atoms with E-state index in [-0.39, 0.29) is 11.9 Å². The van der Waals surface area contributed by atoms with E-state index in [2.05, 4.69) is 22.4 Å². The summed E-state index contributed by atoms with van der Waals surface area (Å²) in [6.07, 6.45) is 2.90. The van der Waals surface area contributed by atoms with Gasteiger partial charge in [0.15, 0.2) is 0 Å². The van der Waals surface area contributed by atoms with Crippen LogP contribution in [-0.2, 0) is 11.2 Å². The second-order valence-electron chi connectivity index (χ2n) is 5.19. The van der Waals surface area contributed by atoms with Crippen molar-refractivity contribution in [2.45, 2.75) is 24.8 Å². The summed E-state index contributed by atoms with van der Waals surface area (Å²) in [5, 5.41) is 3.06. The van der Waals surface area contributed by atoms with Crippen molar-refractivity contribution >= 4 is 11.6 Å². The average molecular weight is 267 g/mol. The number of anilines is 1. The number of carbonyl (C=O) groups is 1. The molecule has 1 aromatic heterocycles. The molecule has 4 nitrogen and oxygen atoms in total. The van der Waals surface area contributed by atoms with E-state index in [9.17, 15) is 4.79 Å². The SMILES string of the molecule is Nc1ccc(CC(=O)NC2CC2c2ccccc2)nc1. The van der Waals surface area contributed by atoms with E-state index in [4.69, 9.17) is 5.73 Å². The molecule has 1 saturated carbocycles. The quantitative estimate of drug-likeness (QED) is 0.888. The number of aromatic nitrogens is 1. The van der Waals surface area contributed by atoms with Crippen LogP contribution in [0.2, 0.25) is 0 Å². The van der Waals surface area contributed by atoms with Crippen LogP contribution in [0.3, 0.4) is 0 Å². The van der Waals surface area contributed by atoms with Crippen molar-refractivity contribution < 1.29 is 4.79 Å². The molecule has 1 aromatic carbocycles. The third-order valence-corrected chi connectivity index (χ3v) is 3.55. The van der Waals surface area contributed by atoms with Crippen LogP contribution in [0.5, 0.6) is 0 Å². The molecular weight excluding hydrogens is 250 g/mol. The van der Waals surface area contributed by atoms with E-state index in [0.29, 0.717) is 18.0 Å². The molecule has 3 rings (SSSR count). The smallest absolute Gasteiger partial charge is 0.226 e. The Hall–Kier alpha value is -2.36. The molecule has 1 aliphatic rings. The largest absolute Gasteiger partial charge is 0.397 e. The lowest BCUT2D eigenvalue weighted by Crippen LogP contribution is -2.28. The molecule has 0 bridgehead atoms. The summed E-state index contributed by atoms with van der Waals surface area (Å²) in [5.74, 6) is 0.477. The Labute approximate surface area is 118 Å². The third kappa shape index (κ3) is 2.96. The molecule has 0 aliphatic heterocycles. The second kappa shape index (κ2) is 5.33. The Kier molecular flexibility index (Phi) is 3.37. The maximum absolute atomic E-state index is 11.9. The first kappa shape index (κ1) is 12.7. The highest BCUT2D eigenvalue weighted by Crippen LogP contribution is 2.40. The van der Waals surface area contributed by atoms with Crippen LogP contribution in [0.15, 0.2) is 48.7 Å². The number of rotatable bonds is 4. The number of hydrogen-bond donors (Lipinski definition) is 2. The van der Waals surface area contributed by atoms with Crippen LogP contribution in [0.25, 0.3) is 0 Å². The molecule has 1 amide bonds. The molecule has 2 atom stereocenters. The Morgan fingerprint density at radius 2 is 2.05 bits per heavy atom. The summed E-state index contributed by atoms with van der Waals surface area (Å²) in [6.45, 7) is 0. The zero-order valence-electron chi connectivity index (χ0n) is 11.1. The highest BCUT2D eigenvalue weighted by Gasteiger charge is 2.39. The number of carbonyl (C=O) groups excluding carboxylic acids is 1. The molecule has 102 valence electrons. The first-order chi connectivity index (χ1) is 9.72. The van der Waals surface area contributed by atoms with Gasteiger partial charge in [0.1, 0.15) is 0 Å². The molecule has 0 radical (unpaired) electrons. The Morgan fingerprint density at radius 3 is 2.75 bits per heavy atom. The molecular formula is C16H17N3O. The Bertz CT molecular complexity index is 595. The number of pyridine rings is 1. The van der Waals surface area contributed by atoms with Gasteiger partial charge in [-0.1, -0.05) is 30.3 Å². The molecule has 2 aromatic rings. The van der Waals surface area contributed by atoms with Crippen molar-refractivity contribution in [2.75, 3.05) is 5.73 Å². The van der Waals surface area contributed by atoms with Gasteiger partial charge in [0.2, 0.25) is 5.91 Å². The van der Waals surface area contributed by atoms with E-state index in [1.807, 2.05) is 18.2 Å². The summed E-state index contributed by atoms with van der Waals surface area (Å²) >= 11 is 0. The van der Waals surface area contributed by atoms with Gasteiger partial charge in [-0.05, 0) is 24.1 Å². The average Bonchev–Trinajstić information content (AvgIpc) is 3.21. The zero-order valence-corrected chi connectivity index (χ0v) is 11.1. The van der Waals surface area contributed by atoms with Crippen LogP contribution < -0.4 is 11.1 Å². The lowest BCUT2D eigenvalue weighted by molar-refractivity contribution is -0.120. The molecule has 20 heavy (non-hydrogen) atoms.